The lowest BCUT2D eigenvalue weighted by molar-refractivity contribution is -0.132. The fraction of sp³-hybridized carbons (Fsp3) is 0.769. The lowest BCUT2D eigenvalue weighted by Gasteiger charge is -2.34. The van der Waals surface area contributed by atoms with Gasteiger partial charge in [0.25, 0.3) is 0 Å². The van der Waals surface area contributed by atoms with E-state index in [1.807, 2.05) is 0 Å². The van der Waals surface area contributed by atoms with E-state index < -0.39 is 5.97 Å². The molecule has 0 amide bonds. The first-order valence-corrected chi connectivity index (χ1v) is 6.48. The van der Waals surface area contributed by atoms with Gasteiger partial charge in [-0.1, -0.05) is 6.08 Å². The van der Waals surface area contributed by atoms with Crippen LogP contribution in [-0.4, -0.2) is 85.7 Å². The van der Waals surface area contributed by atoms with Crippen LogP contribution in [0.4, 0.5) is 0 Å². The van der Waals surface area contributed by atoms with Crippen LogP contribution >= 0.6 is 0 Å². The molecule has 0 saturated carbocycles. The van der Waals surface area contributed by atoms with Gasteiger partial charge in [-0.05, 0) is 21.0 Å². The lowest BCUT2D eigenvalue weighted by Crippen LogP contribution is -2.47. The second-order valence-electron chi connectivity index (χ2n) is 5.14. The molecule has 1 heterocycles. The molecule has 18 heavy (non-hydrogen) atoms. The Labute approximate surface area is 110 Å². The summed E-state index contributed by atoms with van der Waals surface area (Å²) in [5.74, 6) is -0.820. The van der Waals surface area contributed by atoms with Crippen LogP contribution in [0.1, 0.15) is 6.92 Å². The summed E-state index contributed by atoms with van der Waals surface area (Å²) in [6.07, 6.45) is 1.80. The fourth-order valence-corrected chi connectivity index (χ4v) is 1.89. The normalized spacial score (nSPS) is 19.4. The Morgan fingerprint density at radius 3 is 2.28 bits per heavy atom. The Bertz CT molecular complexity index is 295. The summed E-state index contributed by atoms with van der Waals surface area (Å²) in [7, 11) is 4.19. The number of hydrogen-bond acceptors (Lipinski definition) is 4. The number of nitrogens with zero attached hydrogens (tertiary/aromatic N) is 3. The highest BCUT2D eigenvalue weighted by Gasteiger charge is 2.15. The van der Waals surface area contributed by atoms with Gasteiger partial charge < -0.3 is 10.0 Å². The molecule has 0 aromatic carbocycles. The van der Waals surface area contributed by atoms with Gasteiger partial charge in [0.1, 0.15) is 0 Å². The Morgan fingerprint density at radius 1 is 1.22 bits per heavy atom. The van der Waals surface area contributed by atoms with E-state index >= 15 is 0 Å². The number of hydrogen-bond donors (Lipinski definition) is 1. The highest BCUT2D eigenvalue weighted by atomic mass is 16.4. The molecular weight excluding hydrogens is 230 g/mol. The smallest absolute Gasteiger partial charge is 0.330 e. The van der Waals surface area contributed by atoms with E-state index in [4.69, 9.17) is 5.11 Å². The van der Waals surface area contributed by atoms with Crippen LogP contribution < -0.4 is 0 Å². The zero-order chi connectivity index (χ0) is 13.5. The lowest BCUT2D eigenvalue weighted by atomic mass is 10.2. The minimum Gasteiger partial charge on any atom is -0.478 e. The summed E-state index contributed by atoms with van der Waals surface area (Å²) in [5.41, 5.74) is 0.435. The summed E-state index contributed by atoms with van der Waals surface area (Å²) >= 11 is 0. The molecule has 0 aliphatic carbocycles. The molecule has 1 saturated heterocycles. The summed E-state index contributed by atoms with van der Waals surface area (Å²) < 4.78 is 0. The van der Waals surface area contributed by atoms with Crippen molar-refractivity contribution in [3.8, 4) is 0 Å². The molecular formula is C13H25N3O2. The topological polar surface area (TPSA) is 47.0 Å². The van der Waals surface area contributed by atoms with Gasteiger partial charge in [-0.25, -0.2) is 4.79 Å². The average Bonchev–Trinajstić information content (AvgIpc) is 2.34. The number of aliphatic carboxylic acids is 1. The van der Waals surface area contributed by atoms with Crippen molar-refractivity contribution >= 4 is 5.97 Å². The van der Waals surface area contributed by atoms with E-state index in [0.29, 0.717) is 5.57 Å². The van der Waals surface area contributed by atoms with Gasteiger partial charge in [-0.2, -0.15) is 0 Å². The highest BCUT2D eigenvalue weighted by Crippen LogP contribution is 2.03. The van der Waals surface area contributed by atoms with Gasteiger partial charge in [-0.3, -0.25) is 9.80 Å². The summed E-state index contributed by atoms with van der Waals surface area (Å²) in [4.78, 5) is 17.6. The van der Waals surface area contributed by atoms with Crippen molar-refractivity contribution in [2.75, 3.05) is 59.9 Å². The molecule has 1 fully saturated rings. The molecule has 0 aromatic rings. The van der Waals surface area contributed by atoms with Crippen molar-refractivity contribution in [2.45, 2.75) is 6.92 Å². The number of piperazine rings is 1. The largest absolute Gasteiger partial charge is 0.478 e. The number of carbonyl (C=O) groups is 1. The summed E-state index contributed by atoms with van der Waals surface area (Å²) in [6, 6.07) is 0. The third kappa shape index (κ3) is 5.62. The van der Waals surface area contributed by atoms with Crippen molar-refractivity contribution in [2.24, 2.45) is 0 Å². The van der Waals surface area contributed by atoms with Crippen molar-refractivity contribution < 1.29 is 9.90 Å². The third-order valence-electron chi connectivity index (χ3n) is 3.32. The summed E-state index contributed by atoms with van der Waals surface area (Å²) in [5, 5.41) is 8.78. The number of rotatable bonds is 6. The van der Waals surface area contributed by atoms with E-state index in [1.165, 1.54) is 0 Å². The van der Waals surface area contributed by atoms with E-state index in [9.17, 15) is 4.79 Å². The van der Waals surface area contributed by atoms with E-state index in [-0.39, 0.29) is 0 Å². The van der Waals surface area contributed by atoms with Crippen LogP contribution in [0.2, 0.25) is 0 Å². The predicted octanol–water partition coefficient (Wildman–Crippen LogP) is 0.197. The highest BCUT2D eigenvalue weighted by molar-refractivity contribution is 5.85. The molecule has 5 nitrogen and oxygen atoms in total. The second-order valence-corrected chi connectivity index (χ2v) is 5.14. The van der Waals surface area contributed by atoms with Crippen molar-refractivity contribution in [1.82, 2.24) is 14.7 Å². The second kappa shape index (κ2) is 7.51. The molecule has 104 valence electrons. The van der Waals surface area contributed by atoms with Crippen LogP contribution in [0.5, 0.6) is 0 Å². The molecule has 0 atom stereocenters. The van der Waals surface area contributed by atoms with Gasteiger partial charge in [-0.15, -0.1) is 0 Å². The first kappa shape index (κ1) is 15.1. The molecule has 1 rings (SSSR count). The minimum atomic E-state index is -0.820. The first-order valence-electron chi connectivity index (χ1n) is 6.48. The Hall–Kier alpha value is -0.910. The molecule has 5 heteroatoms. The molecule has 1 N–H and O–H groups in total. The number of carboxylic acids is 1. The molecule has 0 unspecified atom stereocenters. The zero-order valence-corrected chi connectivity index (χ0v) is 11.7. The zero-order valence-electron chi connectivity index (χ0n) is 11.7. The maximum absolute atomic E-state index is 10.7. The first-order chi connectivity index (χ1) is 8.49. The maximum Gasteiger partial charge on any atom is 0.330 e. The van der Waals surface area contributed by atoms with E-state index in [2.05, 4.69) is 28.8 Å². The van der Waals surface area contributed by atoms with Gasteiger partial charge in [0.2, 0.25) is 0 Å². The average molecular weight is 255 g/mol. The summed E-state index contributed by atoms with van der Waals surface area (Å²) in [6.45, 7) is 8.81. The molecule has 0 spiro atoms. The SMILES string of the molecule is CC(=CCN1CCN(CCN(C)C)CC1)C(=O)O. The standard InChI is InChI=1S/C13H25N3O2/c1-12(13(17)18)4-5-15-8-10-16(11-9-15)7-6-14(2)3/h4H,5-11H2,1-3H3,(H,17,18). The van der Waals surface area contributed by atoms with Crippen molar-refractivity contribution in [3.63, 3.8) is 0 Å². The molecule has 1 aliphatic rings. The van der Waals surface area contributed by atoms with Gasteiger partial charge in [0.15, 0.2) is 0 Å². The minimum absolute atomic E-state index is 0.435. The van der Waals surface area contributed by atoms with Crippen LogP contribution in [0.25, 0.3) is 0 Å². The number of likely N-dealkylation sites (N-methyl/N-ethyl adjacent to an activating group) is 1. The molecule has 0 bridgehead atoms. The Balaban J connectivity index is 2.23. The van der Waals surface area contributed by atoms with Crippen LogP contribution in [0, 0.1) is 0 Å². The third-order valence-corrected chi connectivity index (χ3v) is 3.32. The predicted molar refractivity (Wildman–Crippen MR) is 72.8 cm³/mol. The maximum atomic E-state index is 10.7. The van der Waals surface area contributed by atoms with Crippen molar-refractivity contribution in [1.29, 1.82) is 0 Å². The van der Waals surface area contributed by atoms with Crippen LogP contribution in [0.15, 0.2) is 11.6 Å². The fourth-order valence-electron chi connectivity index (χ4n) is 1.89. The monoisotopic (exact) mass is 255 g/mol. The Kier molecular flexibility index (Phi) is 6.32. The van der Waals surface area contributed by atoms with Gasteiger partial charge >= 0.3 is 5.97 Å². The number of carboxylic acid groups (broad SMARTS) is 1. The van der Waals surface area contributed by atoms with Crippen molar-refractivity contribution in [3.05, 3.63) is 11.6 Å². The van der Waals surface area contributed by atoms with Gasteiger partial charge in [0, 0.05) is 51.4 Å². The van der Waals surface area contributed by atoms with E-state index in [0.717, 1.165) is 45.8 Å². The van der Waals surface area contributed by atoms with E-state index in [1.54, 1.807) is 13.0 Å². The Morgan fingerprint density at radius 2 is 1.78 bits per heavy atom. The quantitative estimate of drug-likeness (QED) is 0.687. The van der Waals surface area contributed by atoms with Crippen LogP contribution in [-0.2, 0) is 4.79 Å². The molecule has 0 radical (unpaired) electrons. The van der Waals surface area contributed by atoms with Gasteiger partial charge in [0.05, 0.1) is 0 Å². The molecule has 0 aromatic heterocycles. The van der Waals surface area contributed by atoms with Crippen LogP contribution in [0.3, 0.4) is 0 Å². The molecule has 1 aliphatic heterocycles.